The molecular formula is C17H18ClN5OS. The first-order valence-corrected chi connectivity index (χ1v) is 9.48. The van der Waals surface area contributed by atoms with Crippen molar-refractivity contribution < 1.29 is 4.79 Å². The number of hydrogen-bond donors (Lipinski definition) is 1. The van der Waals surface area contributed by atoms with Crippen LogP contribution in [-0.2, 0) is 6.42 Å². The number of nitrogens with zero attached hydrogens (tertiary/aromatic N) is 4. The molecule has 0 aromatic carbocycles. The molecule has 2 aromatic heterocycles. The second-order valence-electron chi connectivity index (χ2n) is 6.42. The van der Waals surface area contributed by atoms with Crippen molar-refractivity contribution in [2.75, 3.05) is 20.1 Å². The van der Waals surface area contributed by atoms with Gasteiger partial charge in [-0.05, 0) is 33.0 Å². The summed E-state index contributed by atoms with van der Waals surface area (Å²) in [6, 6.07) is 0.200. The first kappa shape index (κ1) is 16.6. The zero-order chi connectivity index (χ0) is 17.4. The summed E-state index contributed by atoms with van der Waals surface area (Å²) in [6.07, 6.45) is 8.45. The van der Waals surface area contributed by atoms with Crippen molar-refractivity contribution >= 4 is 34.9 Å². The van der Waals surface area contributed by atoms with E-state index < -0.39 is 0 Å². The van der Waals surface area contributed by atoms with Gasteiger partial charge in [-0.25, -0.2) is 0 Å². The molecule has 6 nitrogen and oxygen atoms in total. The Balaban J connectivity index is 1.51. The molecule has 0 spiro atoms. The molecule has 3 heterocycles. The summed E-state index contributed by atoms with van der Waals surface area (Å²) in [4.78, 5) is 19.1. The highest BCUT2D eigenvalue weighted by atomic mass is 35.5. The first-order valence-electron chi connectivity index (χ1n) is 8.29. The van der Waals surface area contributed by atoms with Crippen molar-refractivity contribution in [1.29, 1.82) is 0 Å². The van der Waals surface area contributed by atoms with E-state index in [0.717, 1.165) is 49.2 Å². The molecule has 1 fully saturated rings. The van der Waals surface area contributed by atoms with Gasteiger partial charge in [0.05, 0.1) is 16.3 Å². The summed E-state index contributed by atoms with van der Waals surface area (Å²) in [5.74, 6) is -0.163. The Morgan fingerprint density at radius 1 is 1.36 bits per heavy atom. The van der Waals surface area contributed by atoms with E-state index >= 15 is 0 Å². The second-order valence-corrected chi connectivity index (χ2v) is 7.77. The van der Waals surface area contributed by atoms with Crippen LogP contribution in [0, 0.1) is 0 Å². The number of allylic oxidation sites excluding steroid dienone is 1. The molecule has 4 rings (SSSR count). The van der Waals surface area contributed by atoms with Crippen LogP contribution < -0.4 is 5.32 Å². The molecule has 8 heteroatoms. The Morgan fingerprint density at radius 2 is 2.16 bits per heavy atom. The highest BCUT2D eigenvalue weighted by molar-refractivity contribution is 7.16. The van der Waals surface area contributed by atoms with Gasteiger partial charge in [-0.3, -0.25) is 9.78 Å². The van der Waals surface area contributed by atoms with Crippen LogP contribution in [0.25, 0.3) is 16.6 Å². The Labute approximate surface area is 154 Å². The summed E-state index contributed by atoms with van der Waals surface area (Å²) >= 11 is 7.74. The molecule has 0 unspecified atom stereocenters. The molecule has 25 heavy (non-hydrogen) atoms. The zero-order valence-corrected chi connectivity index (χ0v) is 15.4. The van der Waals surface area contributed by atoms with E-state index in [1.165, 1.54) is 11.3 Å². The fraction of sp³-hybridized carbons (Fsp3) is 0.412. The second kappa shape index (κ2) is 6.82. The summed E-state index contributed by atoms with van der Waals surface area (Å²) in [5.41, 5.74) is 2.63. The Kier molecular flexibility index (Phi) is 4.54. The van der Waals surface area contributed by atoms with Gasteiger partial charge in [0.1, 0.15) is 0 Å². The minimum Gasteiger partial charge on any atom is -0.347 e. The molecule has 1 amide bonds. The van der Waals surface area contributed by atoms with Gasteiger partial charge in [-0.15, -0.1) is 10.2 Å². The van der Waals surface area contributed by atoms with Crippen LogP contribution >= 0.6 is 22.9 Å². The molecule has 1 N–H and O–H groups in total. The number of halogens is 1. The standard InChI is InChI=1S/C17H18ClN5OS/c1-23-7-5-10(6-8-23)20-15(24)17-22-21-16(25-17)12-9-19-13-4-2-3-11(13)14(12)18/h2-3,9-10H,4-8H2,1H3,(H,20,24). The molecule has 0 atom stereocenters. The maximum Gasteiger partial charge on any atom is 0.282 e. The number of rotatable bonds is 3. The largest absolute Gasteiger partial charge is 0.347 e. The van der Waals surface area contributed by atoms with Gasteiger partial charge in [0.25, 0.3) is 5.91 Å². The van der Waals surface area contributed by atoms with E-state index in [1.807, 2.05) is 12.2 Å². The van der Waals surface area contributed by atoms with Crippen molar-refractivity contribution in [3.8, 4) is 10.6 Å². The lowest BCUT2D eigenvalue weighted by Crippen LogP contribution is -2.43. The van der Waals surface area contributed by atoms with Crippen LogP contribution in [0.5, 0.6) is 0 Å². The number of carbonyl (C=O) groups excluding carboxylic acids is 1. The van der Waals surface area contributed by atoms with E-state index in [2.05, 4.69) is 32.4 Å². The molecule has 1 aliphatic carbocycles. The summed E-state index contributed by atoms with van der Waals surface area (Å²) < 4.78 is 0. The molecular weight excluding hydrogens is 358 g/mol. The fourth-order valence-electron chi connectivity index (χ4n) is 3.13. The minimum absolute atomic E-state index is 0.163. The van der Waals surface area contributed by atoms with Crippen LogP contribution in [-0.4, -0.2) is 52.2 Å². The van der Waals surface area contributed by atoms with Crippen LogP contribution in [0.2, 0.25) is 5.02 Å². The molecule has 0 saturated carbocycles. The Morgan fingerprint density at radius 3 is 2.96 bits per heavy atom. The van der Waals surface area contributed by atoms with Gasteiger partial charge in [0.15, 0.2) is 5.01 Å². The lowest BCUT2D eigenvalue weighted by atomic mass is 10.1. The molecule has 1 aliphatic heterocycles. The lowest BCUT2D eigenvalue weighted by molar-refractivity contribution is 0.0916. The Hall–Kier alpha value is -1.83. The van der Waals surface area contributed by atoms with E-state index in [-0.39, 0.29) is 11.9 Å². The molecule has 2 aromatic rings. The van der Waals surface area contributed by atoms with Gasteiger partial charge in [-0.2, -0.15) is 0 Å². The third-order valence-corrected chi connectivity index (χ3v) is 5.99. The summed E-state index contributed by atoms with van der Waals surface area (Å²) in [5, 5.41) is 12.9. The van der Waals surface area contributed by atoms with Gasteiger partial charge in [-0.1, -0.05) is 35.1 Å². The number of fused-ring (bicyclic) bond motifs is 1. The SMILES string of the molecule is CN1CCC(NC(=O)c2nnc(-c3cnc4c(c3Cl)C=CC4)s2)CC1. The monoisotopic (exact) mass is 375 g/mol. The highest BCUT2D eigenvalue weighted by Crippen LogP contribution is 2.35. The van der Waals surface area contributed by atoms with Gasteiger partial charge in [0, 0.05) is 24.2 Å². The fourth-order valence-corrected chi connectivity index (χ4v) is 4.26. The maximum atomic E-state index is 12.4. The molecule has 2 aliphatic rings. The van der Waals surface area contributed by atoms with Crippen molar-refractivity contribution in [1.82, 2.24) is 25.4 Å². The number of aromatic nitrogens is 3. The number of hydrogen-bond acceptors (Lipinski definition) is 6. The third-order valence-electron chi connectivity index (χ3n) is 4.63. The Bertz CT molecular complexity index is 842. The van der Waals surface area contributed by atoms with Gasteiger partial charge in [0.2, 0.25) is 5.01 Å². The van der Waals surface area contributed by atoms with Crippen LogP contribution in [0.3, 0.4) is 0 Å². The maximum absolute atomic E-state index is 12.4. The minimum atomic E-state index is -0.163. The predicted molar refractivity (Wildman–Crippen MR) is 98.9 cm³/mol. The normalized spacial score (nSPS) is 17.7. The predicted octanol–water partition coefficient (Wildman–Crippen LogP) is 2.65. The number of nitrogens with one attached hydrogen (secondary N) is 1. The molecule has 0 radical (unpaired) electrons. The van der Waals surface area contributed by atoms with Crippen LogP contribution in [0.15, 0.2) is 12.3 Å². The van der Waals surface area contributed by atoms with E-state index in [4.69, 9.17) is 11.6 Å². The number of carbonyl (C=O) groups is 1. The van der Waals surface area contributed by atoms with E-state index in [0.29, 0.717) is 15.0 Å². The number of pyridine rings is 1. The van der Waals surface area contributed by atoms with Crippen LogP contribution in [0.4, 0.5) is 0 Å². The molecule has 130 valence electrons. The topological polar surface area (TPSA) is 71.0 Å². The first-order chi connectivity index (χ1) is 12.1. The summed E-state index contributed by atoms with van der Waals surface area (Å²) in [7, 11) is 2.10. The number of likely N-dealkylation sites (tertiary alicyclic amines) is 1. The van der Waals surface area contributed by atoms with Crippen molar-refractivity contribution in [2.45, 2.75) is 25.3 Å². The average molecular weight is 376 g/mol. The van der Waals surface area contributed by atoms with Gasteiger partial charge < -0.3 is 10.2 Å². The van der Waals surface area contributed by atoms with E-state index in [1.54, 1.807) is 6.20 Å². The molecule has 1 saturated heterocycles. The van der Waals surface area contributed by atoms with Crippen molar-refractivity contribution in [2.24, 2.45) is 0 Å². The average Bonchev–Trinajstić information content (AvgIpc) is 3.26. The number of amides is 1. The zero-order valence-electron chi connectivity index (χ0n) is 13.8. The van der Waals surface area contributed by atoms with Crippen molar-refractivity contribution in [3.63, 3.8) is 0 Å². The highest BCUT2D eigenvalue weighted by Gasteiger charge is 2.23. The van der Waals surface area contributed by atoms with Gasteiger partial charge >= 0.3 is 0 Å². The lowest BCUT2D eigenvalue weighted by Gasteiger charge is -2.29. The summed E-state index contributed by atoms with van der Waals surface area (Å²) in [6.45, 7) is 1.99. The quantitative estimate of drug-likeness (QED) is 0.892. The van der Waals surface area contributed by atoms with Crippen molar-refractivity contribution in [3.05, 3.63) is 33.6 Å². The third kappa shape index (κ3) is 3.31. The molecule has 0 bridgehead atoms. The number of piperidine rings is 1. The van der Waals surface area contributed by atoms with Crippen LogP contribution in [0.1, 0.15) is 33.9 Å². The van der Waals surface area contributed by atoms with E-state index in [9.17, 15) is 4.79 Å². The smallest absolute Gasteiger partial charge is 0.282 e.